The molecule has 2 heterocycles. The minimum absolute atomic E-state index is 0.0780. The second kappa shape index (κ2) is 10.5. The van der Waals surface area contributed by atoms with Gasteiger partial charge in [0.1, 0.15) is 23.1 Å². The Labute approximate surface area is 218 Å². The normalized spacial score (nSPS) is 19.9. The van der Waals surface area contributed by atoms with Crippen molar-refractivity contribution in [2.75, 3.05) is 29.9 Å². The molecule has 0 aliphatic heterocycles. The van der Waals surface area contributed by atoms with Gasteiger partial charge in [-0.05, 0) is 93.2 Å². The molecule has 2 saturated carbocycles. The number of aromatic nitrogens is 2. The lowest BCUT2D eigenvalue weighted by Crippen LogP contribution is -2.43. The Hall–Kier alpha value is -3.40. The summed E-state index contributed by atoms with van der Waals surface area (Å²) < 4.78 is 15.6. The molecule has 2 aliphatic rings. The number of rotatable bonds is 7. The molecular weight excluding hydrogens is 465 g/mol. The lowest BCUT2D eigenvalue weighted by atomic mass is 9.81. The molecular formula is C30H36FN5O. The van der Waals surface area contributed by atoms with Crippen molar-refractivity contribution in [2.24, 2.45) is 18.9 Å². The highest BCUT2D eigenvalue weighted by molar-refractivity contribution is 5.88. The highest BCUT2D eigenvalue weighted by atomic mass is 19.1. The largest absolute Gasteiger partial charge is 0.372 e. The van der Waals surface area contributed by atoms with Gasteiger partial charge in [0.2, 0.25) is 0 Å². The number of halogens is 1. The van der Waals surface area contributed by atoms with Crippen molar-refractivity contribution in [1.29, 1.82) is 5.26 Å². The fraction of sp³-hybridized carbons (Fsp3) is 0.500. The molecule has 0 unspecified atom stereocenters. The van der Waals surface area contributed by atoms with E-state index in [9.17, 15) is 14.4 Å². The number of benzene rings is 1. The van der Waals surface area contributed by atoms with Gasteiger partial charge in [0, 0.05) is 45.0 Å². The van der Waals surface area contributed by atoms with Crippen LogP contribution in [0.15, 0.2) is 41.2 Å². The molecule has 0 saturated heterocycles. The van der Waals surface area contributed by atoms with Crippen LogP contribution in [0.1, 0.15) is 56.2 Å². The van der Waals surface area contributed by atoms with Crippen molar-refractivity contribution >= 4 is 22.4 Å². The Kier molecular flexibility index (Phi) is 7.19. The second-order valence-electron chi connectivity index (χ2n) is 11.0. The van der Waals surface area contributed by atoms with Gasteiger partial charge in [0.05, 0.1) is 11.2 Å². The molecule has 6 nitrogen and oxygen atoms in total. The third kappa shape index (κ3) is 5.20. The van der Waals surface area contributed by atoms with Crippen LogP contribution in [0.4, 0.5) is 15.8 Å². The zero-order chi connectivity index (χ0) is 26.1. The van der Waals surface area contributed by atoms with Crippen LogP contribution in [-0.4, -0.2) is 35.7 Å². The van der Waals surface area contributed by atoms with Gasteiger partial charge in [-0.15, -0.1) is 0 Å². The predicted octanol–water partition coefficient (Wildman–Crippen LogP) is 5.55. The van der Waals surface area contributed by atoms with E-state index in [1.807, 2.05) is 26.1 Å². The maximum absolute atomic E-state index is 14.0. The Morgan fingerprint density at radius 1 is 1.05 bits per heavy atom. The Bertz CT molecular complexity index is 1380. The summed E-state index contributed by atoms with van der Waals surface area (Å²) in [5, 5.41) is 9.35. The zero-order valence-corrected chi connectivity index (χ0v) is 22.1. The van der Waals surface area contributed by atoms with Gasteiger partial charge >= 0.3 is 0 Å². The molecule has 1 aromatic carbocycles. The molecule has 2 fully saturated rings. The van der Waals surface area contributed by atoms with Gasteiger partial charge < -0.3 is 14.4 Å². The molecule has 2 aromatic heterocycles. The van der Waals surface area contributed by atoms with E-state index in [1.165, 1.54) is 19.3 Å². The average Bonchev–Trinajstić information content (AvgIpc) is 2.87. The number of hydrogen-bond donors (Lipinski definition) is 0. The molecule has 7 heteroatoms. The standard InChI is InChI=1S/C30H36FN5O/c1-20-15-25(12-13-26(20)31)36(19-21-5-4-6-21)24-10-7-22(8-11-24)18-34(2)28-16-29(37)35(3)27-14-9-23(17-32)33-30(27)28/h9,12-16,21-22,24H,4-8,10-11,18-19H2,1-3H3. The number of nitrogens with zero attached hydrogens (tertiary/aromatic N) is 5. The summed E-state index contributed by atoms with van der Waals surface area (Å²) in [6.07, 6.45) is 8.34. The Morgan fingerprint density at radius 3 is 2.43 bits per heavy atom. The monoisotopic (exact) mass is 501 g/mol. The van der Waals surface area contributed by atoms with Crippen molar-refractivity contribution in [1.82, 2.24) is 9.55 Å². The van der Waals surface area contributed by atoms with Crippen LogP contribution < -0.4 is 15.4 Å². The highest BCUT2D eigenvalue weighted by Crippen LogP contribution is 2.36. The van der Waals surface area contributed by atoms with E-state index in [2.05, 4.69) is 20.9 Å². The maximum Gasteiger partial charge on any atom is 0.252 e. The highest BCUT2D eigenvalue weighted by Gasteiger charge is 2.30. The van der Waals surface area contributed by atoms with Gasteiger partial charge in [-0.1, -0.05) is 6.42 Å². The van der Waals surface area contributed by atoms with Crippen LogP contribution in [0.25, 0.3) is 11.0 Å². The topological polar surface area (TPSA) is 65.2 Å². The van der Waals surface area contributed by atoms with Gasteiger partial charge in [0.25, 0.3) is 5.56 Å². The quantitative estimate of drug-likeness (QED) is 0.424. The van der Waals surface area contributed by atoms with E-state index >= 15 is 0 Å². The van der Waals surface area contributed by atoms with Crippen molar-refractivity contribution < 1.29 is 4.39 Å². The minimum atomic E-state index is -0.140. The lowest BCUT2D eigenvalue weighted by molar-refractivity contribution is 0.276. The zero-order valence-electron chi connectivity index (χ0n) is 22.1. The summed E-state index contributed by atoms with van der Waals surface area (Å²) in [6.45, 7) is 3.75. The molecule has 194 valence electrons. The van der Waals surface area contributed by atoms with Gasteiger partial charge in [-0.3, -0.25) is 4.79 Å². The molecule has 0 radical (unpaired) electrons. The molecule has 3 aromatic rings. The summed E-state index contributed by atoms with van der Waals surface area (Å²) in [5.74, 6) is 1.12. The van der Waals surface area contributed by atoms with E-state index in [0.29, 0.717) is 28.7 Å². The van der Waals surface area contributed by atoms with Crippen LogP contribution in [0.3, 0.4) is 0 Å². The number of anilines is 2. The minimum Gasteiger partial charge on any atom is -0.372 e. The lowest BCUT2D eigenvalue weighted by Gasteiger charge is -2.42. The molecule has 2 aliphatic carbocycles. The van der Waals surface area contributed by atoms with Crippen molar-refractivity contribution in [2.45, 2.75) is 57.9 Å². The average molecular weight is 502 g/mol. The van der Waals surface area contributed by atoms with Crippen molar-refractivity contribution in [3.63, 3.8) is 0 Å². The Morgan fingerprint density at radius 2 is 1.78 bits per heavy atom. The van der Waals surface area contributed by atoms with Crippen LogP contribution >= 0.6 is 0 Å². The number of fused-ring (bicyclic) bond motifs is 1. The molecule has 0 N–H and O–H groups in total. The van der Waals surface area contributed by atoms with Crippen LogP contribution in [0.2, 0.25) is 0 Å². The van der Waals surface area contributed by atoms with E-state index in [1.54, 1.807) is 35.9 Å². The van der Waals surface area contributed by atoms with Crippen molar-refractivity contribution in [3.8, 4) is 6.07 Å². The molecule has 0 spiro atoms. The fourth-order valence-electron chi connectivity index (χ4n) is 6.02. The van der Waals surface area contributed by atoms with Gasteiger partial charge in [0.15, 0.2) is 0 Å². The van der Waals surface area contributed by atoms with Crippen LogP contribution in [-0.2, 0) is 7.05 Å². The first kappa shape index (κ1) is 25.3. The SMILES string of the molecule is Cc1cc(N(CC2CCC2)C2CCC(CN(C)c3cc(=O)n(C)c4ccc(C#N)nc34)CC2)ccc1F. The molecule has 5 rings (SSSR count). The van der Waals surface area contributed by atoms with E-state index in [-0.39, 0.29) is 11.4 Å². The van der Waals surface area contributed by atoms with Gasteiger partial charge in [-0.25, -0.2) is 9.37 Å². The second-order valence-corrected chi connectivity index (χ2v) is 11.0. The first-order chi connectivity index (χ1) is 17.8. The number of aryl methyl sites for hydroxylation is 2. The molecule has 0 atom stereocenters. The number of nitriles is 1. The Balaban J connectivity index is 1.30. The summed E-state index contributed by atoms with van der Waals surface area (Å²) in [4.78, 5) is 21.9. The number of hydrogen-bond acceptors (Lipinski definition) is 5. The summed E-state index contributed by atoms with van der Waals surface area (Å²) in [7, 11) is 3.76. The van der Waals surface area contributed by atoms with Crippen LogP contribution in [0, 0.1) is 35.9 Å². The maximum atomic E-state index is 14.0. The smallest absolute Gasteiger partial charge is 0.252 e. The first-order valence-electron chi connectivity index (χ1n) is 13.5. The van der Waals surface area contributed by atoms with Crippen molar-refractivity contribution in [3.05, 3.63) is 63.8 Å². The van der Waals surface area contributed by atoms with Crippen LogP contribution in [0.5, 0.6) is 0 Å². The molecule has 0 bridgehead atoms. The summed E-state index contributed by atoms with van der Waals surface area (Å²) >= 11 is 0. The third-order valence-electron chi connectivity index (χ3n) is 8.54. The third-order valence-corrected chi connectivity index (χ3v) is 8.54. The van der Waals surface area contributed by atoms with Gasteiger partial charge in [-0.2, -0.15) is 5.26 Å². The fourth-order valence-corrected chi connectivity index (χ4v) is 6.02. The number of pyridine rings is 2. The predicted molar refractivity (Wildman–Crippen MR) is 147 cm³/mol. The molecule has 37 heavy (non-hydrogen) atoms. The van der Waals surface area contributed by atoms with E-state index in [4.69, 9.17) is 0 Å². The van der Waals surface area contributed by atoms with E-state index < -0.39 is 0 Å². The summed E-state index contributed by atoms with van der Waals surface area (Å²) in [5.41, 5.74) is 4.34. The first-order valence-corrected chi connectivity index (χ1v) is 13.5. The molecule has 0 amide bonds. The van der Waals surface area contributed by atoms with E-state index in [0.717, 1.165) is 61.6 Å². The summed E-state index contributed by atoms with van der Waals surface area (Å²) in [6, 6.07) is 13.3.